The van der Waals surface area contributed by atoms with Crippen molar-refractivity contribution in [1.29, 1.82) is 0 Å². The molecule has 0 amide bonds. The average Bonchev–Trinajstić information content (AvgIpc) is 3.08. The van der Waals surface area contributed by atoms with Crippen molar-refractivity contribution in [3.05, 3.63) is 47.8 Å². The molecule has 3 heterocycles. The van der Waals surface area contributed by atoms with Gasteiger partial charge in [-0.25, -0.2) is 8.42 Å². The lowest BCUT2D eigenvalue weighted by atomic mass is 10.2. The van der Waals surface area contributed by atoms with E-state index in [2.05, 4.69) is 27.1 Å². The number of hydrogen-bond donors (Lipinski definition) is 0. The van der Waals surface area contributed by atoms with Crippen molar-refractivity contribution in [1.82, 2.24) is 24.1 Å². The molecule has 0 N–H and O–H groups in total. The Morgan fingerprint density at radius 2 is 1.67 bits per heavy atom. The molecule has 1 saturated heterocycles. The Labute approximate surface area is 158 Å². The highest BCUT2D eigenvalue weighted by atomic mass is 32.2. The van der Waals surface area contributed by atoms with Crippen molar-refractivity contribution in [2.75, 3.05) is 31.1 Å². The smallest absolute Gasteiger partial charge is 0.243 e. The molecule has 1 aromatic carbocycles. The van der Waals surface area contributed by atoms with Crippen molar-refractivity contribution in [2.45, 2.75) is 25.2 Å². The van der Waals surface area contributed by atoms with E-state index in [4.69, 9.17) is 0 Å². The Morgan fingerprint density at radius 1 is 0.963 bits per heavy atom. The third-order valence-corrected chi connectivity index (χ3v) is 6.85. The number of fused-ring (bicyclic) bond motifs is 1. The van der Waals surface area contributed by atoms with Gasteiger partial charge in [-0.15, -0.1) is 15.3 Å². The normalized spacial score (nSPS) is 16.1. The molecule has 0 aliphatic carbocycles. The van der Waals surface area contributed by atoms with E-state index in [1.54, 1.807) is 21.0 Å². The predicted octanol–water partition coefficient (Wildman–Crippen LogP) is 1.51. The van der Waals surface area contributed by atoms with E-state index in [0.717, 1.165) is 23.6 Å². The lowest BCUT2D eigenvalue weighted by Crippen LogP contribution is -2.49. The summed E-state index contributed by atoms with van der Waals surface area (Å²) >= 11 is 0. The first kappa shape index (κ1) is 17.9. The predicted molar refractivity (Wildman–Crippen MR) is 102 cm³/mol. The molecule has 3 aromatic rings. The van der Waals surface area contributed by atoms with Crippen LogP contribution in [0.4, 0.5) is 5.82 Å². The summed E-state index contributed by atoms with van der Waals surface area (Å²) in [6.07, 6.45) is 0.891. The Kier molecular flexibility index (Phi) is 4.56. The van der Waals surface area contributed by atoms with Crippen LogP contribution in [-0.4, -0.2) is 58.7 Å². The van der Waals surface area contributed by atoms with Crippen LogP contribution >= 0.6 is 0 Å². The number of anilines is 1. The van der Waals surface area contributed by atoms with Gasteiger partial charge in [0.05, 0.1) is 4.90 Å². The molecule has 1 aliphatic rings. The van der Waals surface area contributed by atoms with Gasteiger partial charge in [-0.1, -0.05) is 19.1 Å². The minimum absolute atomic E-state index is 0.354. The van der Waals surface area contributed by atoms with Gasteiger partial charge < -0.3 is 4.90 Å². The fraction of sp³-hybridized carbons (Fsp3) is 0.389. The standard InChI is InChI=1S/C18H22N6O2S/c1-3-15-4-6-16(7-5-15)27(25,26)23-12-10-22(11-13-23)18-9-8-17-20-19-14(2)24(17)21-18/h4-9H,3,10-13H2,1-2H3. The molecule has 142 valence electrons. The maximum atomic E-state index is 12.9. The lowest BCUT2D eigenvalue weighted by Gasteiger charge is -2.34. The van der Waals surface area contributed by atoms with Crippen molar-refractivity contribution in [3.8, 4) is 0 Å². The molecule has 0 atom stereocenters. The summed E-state index contributed by atoms with van der Waals surface area (Å²) in [4.78, 5) is 2.44. The monoisotopic (exact) mass is 386 g/mol. The number of piperazine rings is 1. The zero-order valence-corrected chi connectivity index (χ0v) is 16.2. The van der Waals surface area contributed by atoms with Gasteiger partial charge in [0.1, 0.15) is 5.82 Å². The topological polar surface area (TPSA) is 83.7 Å². The van der Waals surface area contributed by atoms with Gasteiger partial charge in [0.2, 0.25) is 10.0 Å². The van der Waals surface area contributed by atoms with E-state index in [9.17, 15) is 8.42 Å². The minimum Gasteiger partial charge on any atom is -0.353 e. The van der Waals surface area contributed by atoms with Crippen LogP contribution in [0.25, 0.3) is 5.65 Å². The number of aromatic nitrogens is 4. The molecule has 0 unspecified atom stereocenters. The molecule has 2 aromatic heterocycles. The summed E-state index contributed by atoms with van der Waals surface area (Å²) < 4.78 is 29.0. The number of aryl methyl sites for hydroxylation is 2. The van der Waals surface area contributed by atoms with Crippen LogP contribution in [-0.2, 0) is 16.4 Å². The Hall–Kier alpha value is -2.52. The zero-order valence-electron chi connectivity index (χ0n) is 15.4. The average molecular weight is 386 g/mol. The Bertz CT molecular complexity index is 1050. The molecule has 8 nitrogen and oxygen atoms in total. The summed E-state index contributed by atoms with van der Waals surface area (Å²) in [7, 11) is -3.46. The molecular formula is C18H22N6O2S. The van der Waals surface area contributed by atoms with E-state index in [1.165, 1.54) is 0 Å². The van der Waals surface area contributed by atoms with Crippen LogP contribution in [0.2, 0.25) is 0 Å². The molecule has 0 bridgehead atoms. The number of sulfonamides is 1. The fourth-order valence-electron chi connectivity index (χ4n) is 3.26. The number of benzene rings is 1. The van der Waals surface area contributed by atoms with Crippen molar-refractivity contribution < 1.29 is 8.42 Å². The largest absolute Gasteiger partial charge is 0.353 e. The van der Waals surface area contributed by atoms with E-state index >= 15 is 0 Å². The zero-order chi connectivity index (χ0) is 19.0. The Morgan fingerprint density at radius 3 is 2.33 bits per heavy atom. The van der Waals surface area contributed by atoms with E-state index in [0.29, 0.717) is 36.7 Å². The summed E-state index contributed by atoms with van der Waals surface area (Å²) in [6, 6.07) is 10.9. The van der Waals surface area contributed by atoms with Crippen molar-refractivity contribution in [3.63, 3.8) is 0 Å². The minimum atomic E-state index is -3.46. The third kappa shape index (κ3) is 3.28. The second-order valence-corrected chi connectivity index (χ2v) is 8.54. The SMILES string of the molecule is CCc1ccc(S(=O)(=O)N2CCN(c3ccc4nnc(C)n4n3)CC2)cc1. The van der Waals surface area contributed by atoms with Gasteiger partial charge in [-0.05, 0) is 43.2 Å². The summed E-state index contributed by atoms with van der Waals surface area (Å²) in [5.74, 6) is 1.53. The van der Waals surface area contributed by atoms with Gasteiger partial charge in [0.25, 0.3) is 0 Å². The molecule has 0 spiro atoms. The molecule has 0 radical (unpaired) electrons. The van der Waals surface area contributed by atoms with Crippen molar-refractivity contribution in [2.24, 2.45) is 0 Å². The second kappa shape index (κ2) is 6.90. The molecule has 9 heteroatoms. The fourth-order valence-corrected chi connectivity index (χ4v) is 4.68. The molecule has 1 aliphatic heterocycles. The van der Waals surface area contributed by atoms with E-state index in [1.807, 2.05) is 31.2 Å². The van der Waals surface area contributed by atoms with Crippen LogP contribution in [0.5, 0.6) is 0 Å². The van der Waals surface area contributed by atoms with Crippen molar-refractivity contribution >= 4 is 21.5 Å². The van der Waals surface area contributed by atoms with Crippen LogP contribution in [0.1, 0.15) is 18.3 Å². The quantitative estimate of drug-likeness (QED) is 0.676. The van der Waals surface area contributed by atoms with Gasteiger partial charge in [0, 0.05) is 26.2 Å². The summed E-state index contributed by atoms with van der Waals surface area (Å²) in [5.41, 5.74) is 1.83. The molecular weight excluding hydrogens is 364 g/mol. The van der Waals surface area contributed by atoms with Crippen LogP contribution in [0.3, 0.4) is 0 Å². The van der Waals surface area contributed by atoms with E-state index < -0.39 is 10.0 Å². The highest BCUT2D eigenvalue weighted by Crippen LogP contribution is 2.21. The number of hydrogen-bond acceptors (Lipinski definition) is 6. The molecule has 4 rings (SSSR count). The van der Waals surface area contributed by atoms with Gasteiger partial charge in [0.15, 0.2) is 11.5 Å². The lowest BCUT2D eigenvalue weighted by molar-refractivity contribution is 0.383. The van der Waals surface area contributed by atoms with Crippen LogP contribution in [0, 0.1) is 6.92 Å². The maximum Gasteiger partial charge on any atom is 0.243 e. The molecule has 0 saturated carbocycles. The highest BCUT2D eigenvalue weighted by molar-refractivity contribution is 7.89. The summed E-state index contributed by atoms with van der Waals surface area (Å²) in [6.45, 7) is 5.94. The first-order valence-electron chi connectivity index (χ1n) is 9.02. The van der Waals surface area contributed by atoms with Crippen LogP contribution in [0.15, 0.2) is 41.3 Å². The van der Waals surface area contributed by atoms with Gasteiger partial charge in [-0.2, -0.15) is 8.82 Å². The van der Waals surface area contributed by atoms with E-state index in [-0.39, 0.29) is 0 Å². The maximum absolute atomic E-state index is 12.9. The van der Waals surface area contributed by atoms with Crippen LogP contribution < -0.4 is 4.90 Å². The first-order valence-corrected chi connectivity index (χ1v) is 10.5. The Balaban J connectivity index is 1.49. The number of rotatable bonds is 4. The first-order chi connectivity index (χ1) is 13.0. The number of nitrogens with zero attached hydrogens (tertiary/aromatic N) is 6. The third-order valence-electron chi connectivity index (χ3n) is 4.94. The molecule has 1 fully saturated rings. The second-order valence-electron chi connectivity index (χ2n) is 6.60. The summed E-state index contributed by atoms with van der Waals surface area (Å²) in [5, 5.41) is 12.6. The van der Waals surface area contributed by atoms with Gasteiger partial charge >= 0.3 is 0 Å². The highest BCUT2D eigenvalue weighted by Gasteiger charge is 2.29. The van der Waals surface area contributed by atoms with Gasteiger partial charge in [-0.3, -0.25) is 0 Å². The molecule has 27 heavy (non-hydrogen) atoms.